The van der Waals surface area contributed by atoms with Crippen LogP contribution in [0.3, 0.4) is 0 Å². The summed E-state index contributed by atoms with van der Waals surface area (Å²) in [7, 11) is 3.67. The predicted molar refractivity (Wildman–Crippen MR) is 199 cm³/mol. The van der Waals surface area contributed by atoms with Crippen molar-refractivity contribution in [2.24, 2.45) is 0 Å². The van der Waals surface area contributed by atoms with Crippen molar-refractivity contribution < 1.29 is 14.7 Å². The highest BCUT2D eigenvalue weighted by atomic mass is 32.1. The molecule has 0 radical (unpaired) electrons. The number of nitrogens with one attached hydrogen (secondary N) is 1. The van der Waals surface area contributed by atoms with Crippen LogP contribution in [0.4, 0.5) is 11.4 Å². The fraction of sp³-hybridized carbons (Fsp3) is 0.275. The van der Waals surface area contributed by atoms with E-state index in [0.717, 1.165) is 33.2 Å². The van der Waals surface area contributed by atoms with Crippen molar-refractivity contribution in [3.05, 3.63) is 129 Å². The monoisotopic (exact) mass is 686 g/mol. The van der Waals surface area contributed by atoms with Gasteiger partial charge < -0.3 is 20.2 Å². The highest BCUT2D eigenvalue weighted by Crippen LogP contribution is 2.30. The summed E-state index contributed by atoms with van der Waals surface area (Å²) in [5.41, 5.74) is 6.96. The summed E-state index contributed by atoms with van der Waals surface area (Å²) < 4.78 is 0. The van der Waals surface area contributed by atoms with Gasteiger partial charge in [0.2, 0.25) is 0 Å². The van der Waals surface area contributed by atoms with E-state index in [0.29, 0.717) is 41.1 Å². The average Bonchev–Trinajstić information content (AvgIpc) is 3.54. The maximum atomic E-state index is 13.8. The van der Waals surface area contributed by atoms with E-state index in [4.69, 9.17) is 0 Å². The van der Waals surface area contributed by atoms with Gasteiger partial charge in [-0.1, -0.05) is 50.2 Å². The van der Waals surface area contributed by atoms with Gasteiger partial charge in [0.1, 0.15) is 5.01 Å². The molecule has 0 aliphatic carbocycles. The highest BCUT2D eigenvalue weighted by molar-refractivity contribution is 7.09. The van der Waals surface area contributed by atoms with Crippen molar-refractivity contribution in [2.75, 3.05) is 19.0 Å². The highest BCUT2D eigenvalue weighted by Gasteiger charge is 2.23. The van der Waals surface area contributed by atoms with Gasteiger partial charge in [0.05, 0.1) is 42.2 Å². The fourth-order valence-corrected chi connectivity index (χ4v) is 6.55. The van der Waals surface area contributed by atoms with Crippen molar-refractivity contribution >= 4 is 34.5 Å². The molecule has 9 nitrogen and oxygen atoms in total. The molecule has 0 aliphatic heterocycles. The first-order valence-corrected chi connectivity index (χ1v) is 17.4. The Bertz CT molecular complexity index is 2030. The maximum absolute atomic E-state index is 13.8. The third-order valence-corrected chi connectivity index (χ3v) is 9.65. The minimum Gasteiger partial charge on any atom is -0.391 e. The van der Waals surface area contributed by atoms with E-state index in [1.54, 1.807) is 55.3 Å². The van der Waals surface area contributed by atoms with E-state index in [1.165, 1.54) is 11.3 Å². The topological polar surface area (TPSA) is 122 Å². The van der Waals surface area contributed by atoms with E-state index in [2.05, 4.69) is 46.2 Å². The van der Waals surface area contributed by atoms with Crippen LogP contribution in [0.1, 0.15) is 74.8 Å². The Morgan fingerprint density at radius 2 is 1.70 bits per heavy atom. The zero-order valence-electron chi connectivity index (χ0n) is 29.2. The molecule has 2 N–H and O–H groups in total. The average molecular weight is 687 g/mol. The van der Waals surface area contributed by atoms with Gasteiger partial charge in [0.25, 0.3) is 11.8 Å². The van der Waals surface area contributed by atoms with Gasteiger partial charge in [0.15, 0.2) is 0 Å². The van der Waals surface area contributed by atoms with E-state index in [9.17, 15) is 20.0 Å². The van der Waals surface area contributed by atoms with Crippen molar-refractivity contribution in [1.29, 1.82) is 5.26 Å². The second-order valence-electron chi connectivity index (χ2n) is 12.9. The smallest absolute Gasteiger partial charge is 0.254 e. The van der Waals surface area contributed by atoms with Gasteiger partial charge in [-0.15, -0.1) is 11.3 Å². The number of nitrogens with zero attached hydrogens (tertiary/aromatic N) is 5. The Morgan fingerprint density at radius 1 is 0.980 bits per heavy atom. The number of nitriles is 1. The normalized spacial score (nSPS) is 12.2. The van der Waals surface area contributed by atoms with Gasteiger partial charge in [-0.05, 0) is 78.4 Å². The summed E-state index contributed by atoms with van der Waals surface area (Å²) in [6.07, 6.45) is 3.08. The lowest BCUT2D eigenvalue weighted by molar-refractivity contribution is 0.0785. The van der Waals surface area contributed by atoms with Crippen LogP contribution in [0, 0.1) is 18.3 Å². The predicted octanol–water partition coefficient (Wildman–Crippen LogP) is 7.27. The van der Waals surface area contributed by atoms with Gasteiger partial charge in [-0.25, -0.2) is 4.98 Å². The third kappa shape index (κ3) is 8.43. The van der Waals surface area contributed by atoms with Crippen LogP contribution in [0.15, 0.2) is 90.6 Å². The van der Waals surface area contributed by atoms with Crippen LogP contribution in [-0.2, 0) is 13.0 Å². The summed E-state index contributed by atoms with van der Waals surface area (Å²) in [5, 5.41) is 26.9. The molecule has 2 aromatic heterocycles. The molecule has 10 heteroatoms. The summed E-state index contributed by atoms with van der Waals surface area (Å²) >= 11 is 1.48. The number of hydrogen-bond donors (Lipinski definition) is 2. The Labute approximate surface area is 297 Å². The van der Waals surface area contributed by atoms with E-state index < -0.39 is 18.1 Å². The number of hydrogen-bond acceptors (Lipinski definition) is 8. The molecule has 3 aromatic carbocycles. The molecule has 2 amide bonds. The van der Waals surface area contributed by atoms with E-state index in [-0.39, 0.29) is 11.5 Å². The number of pyridine rings is 1. The quantitative estimate of drug-likeness (QED) is 0.142. The molecule has 5 rings (SSSR count). The SMILES string of the molecule is Cc1csc(CN(C)C(=O)c2cc(C(=O)N[C@@H](C)[C@H](O)Cc3ccccc3N(C)c3cncc(C(C)C)c3)cc(-c3ccccc3C#N)c2)n1. The molecule has 0 aliphatic rings. The van der Waals surface area contributed by atoms with Crippen molar-refractivity contribution in [1.82, 2.24) is 20.2 Å². The molecular formula is C40H42N6O3S. The van der Waals surface area contributed by atoms with Crippen molar-refractivity contribution in [3.63, 3.8) is 0 Å². The molecule has 2 heterocycles. The Kier molecular flexibility index (Phi) is 11.4. The van der Waals surface area contributed by atoms with Gasteiger partial charge in [0, 0.05) is 54.6 Å². The summed E-state index contributed by atoms with van der Waals surface area (Å²) in [6, 6.07) is 23.6. The largest absolute Gasteiger partial charge is 0.391 e. The van der Waals surface area contributed by atoms with Gasteiger partial charge in [-0.3, -0.25) is 14.6 Å². The molecule has 0 fully saturated rings. The second-order valence-corrected chi connectivity index (χ2v) is 13.8. The lowest BCUT2D eigenvalue weighted by Gasteiger charge is -2.26. The van der Waals surface area contributed by atoms with Crippen LogP contribution in [0.5, 0.6) is 0 Å². The number of rotatable bonds is 12. The van der Waals surface area contributed by atoms with Crippen LogP contribution in [0.2, 0.25) is 0 Å². The molecule has 5 aromatic rings. The Balaban J connectivity index is 1.38. The number of carbonyl (C=O) groups excluding carboxylic acids is 2. The lowest BCUT2D eigenvalue weighted by atomic mass is 9.95. The number of benzene rings is 3. The lowest BCUT2D eigenvalue weighted by Crippen LogP contribution is -2.42. The van der Waals surface area contributed by atoms with Crippen molar-refractivity contribution in [3.8, 4) is 17.2 Å². The van der Waals surface area contributed by atoms with Gasteiger partial charge >= 0.3 is 0 Å². The Morgan fingerprint density at radius 3 is 2.42 bits per heavy atom. The van der Waals surface area contributed by atoms with E-state index in [1.807, 2.05) is 62.1 Å². The minimum absolute atomic E-state index is 0.244. The molecule has 0 bridgehead atoms. The summed E-state index contributed by atoms with van der Waals surface area (Å²) in [6.45, 7) is 8.24. The molecular weight excluding hydrogens is 645 g/mol. The molecule has 50 heavy (non-hydrogen) atoms. The number of aryl methyl sites for hydroxylation is 1. The molecule has 256 valence electrons. The fourth-order valence-electron chi connectivity index (χ4n) is 5.72. The minimum atomic E-state index is -0.912. The van der Waals surface area contributed by atoms with E-state index >= 15 is 0 Å². The number of aliphatic hydroxyl groups excluding tert-OH is 1. The van der Waals surface area contributed by atoms with Crippen LogP contribution in [0.25, 0.3) is 11.1 Å². The first-order chi connectivity index (χ1) is 23.9. The summed E-state index contributed by atoms with van der Waals surface area (Å²) in [4.78, 5) is 40.0. The Hall–Kier alpha value is -5.37. The first-order valence-electron chi connectivity index (χ1n) is 16.5. The molecule has 0 unspecified atom stereocenters. The number of thiazole rings is 1. The number of aromatic nitrogens is 2. The first kappa shape index (κ1) is 35.9. The van der Waals surface area contributed by atoms with Crippen LogP contribution < -0.4 is 10.2 Å². The molecule has 0 spiro atoms. The van der Waals surface area contributed by atoms with Crippen LogP contribution in [-0.4, -0.2) is 58.0 Å². The zero-order valence-corrected chi connectivity index (χ0v) is 30.0. The number of carbonyl (C=O) groups is 2. The summed E-state index contributed by atoms with van der Waals surface area (Å²) in [5.74, 6) is -0.393. The van der Waals surface area contributed by atoms with Crippen molar-refractivity contribution in [2.45, 2.75) is 58.7 Å². The number of aliphatic hydroxyl groups is 1. The molecule has 0 saturated carbocycles. The van der Waals surface area contributed by atoms with Gasteiger partial charge in [-0.2, -0.15) is 5.26 Å². The molecule has 0 saturated heterocycles. The third-order valence-electron chi connectivity index (χ3n) is 8.70. The zero-order chi connectivity index (χ0) is 35.9. The maximum Gasteiger partial charge on any atom is 0.254 e. The number of para-hydroxylation sites is 1. The van der Waals surface area contributed by atoms with Crippen LogP contribution >= 0.6 is 11.3 Å². The number of amides is 2. The number of anilines is 2. The standard InChI is InChI=1S/C40H42N6O3S/c1-25(2)33-18-34(22-42-21-33)46(6)36-14-10-8-11-28(36)19-37(47)27(4)44-39(48)31-15-30(35-13-9-7-12-29(35)20-41)16-32(17-31)40(49)45(5)23-38-43-26(3)24-50-38/h7-18,21-22,24-25,27,37,47H,19,23H2,1-6H3,(H,44,48)/t27-,37+/m0/s1. The molecule has 2 atom stereocenters. The second kappa shape index (κ2) is 15.9.